The van der Waals surface area contributed by atoms with Gasteiger partial charge in [-0.2, -0.15) is 0 Å². The average molecular weight is 199 g/mol. The van der Waals surface area contributed by atoms with E-state index in [4.69, 9.17) is 0 Å². The SMILES string of the molecule is C/N=C1\C2=C(CCCC2)C2CCC#C[C@@H]12. The van der Waals surface area contributed by atoms with E-state index < -0.39 is 0 Å². The zero-order valence-corrected chi connectivity index (χ0v) is 9.34. The molecule has 0 saturated heterocycles. The second-order valence-electron chi connectivity index (χ2n) is 4.76. The van der Waals surface area contributed by atoms with Crippen LogP contribution < -0.4 is 0 Å². The standard InChI is InChI=1S/C14H17N/c1-15-14-12-8-4-2-6-10(12)11-7-3-5-9-13(11)14/h11,13H,2-4,6-8H2,1H3/b15-14+/t11?,13-/m1/s1. The molecule has 0 aromatic carbocycles. The van der Waals surface area contributed by atoms with Gasteiger partial charge in [-0.1, -0.05) is 11.5 Å². The molecule has 78 valence electrons. The van der Waals surface area contributed by atoms with Crippen molar-refractivity contribution in [3.63, 3.8) is 0 Å². The zero-order valence-electron chi connectivity index (χ0n) is 9.34. The van der Waals surface area contributed by atoms with Gasteiger partial charge < -0.3 is 0 Å². The summed E-state index contributed by atoms with van der Waals surface area (Å²) in [6.45, 7) is 0. The third kappa shape index (κ3) is 1.28. The lowest BCUT2D eigenvalue weighted by molar-refractivity contribution is 0.497. The predicted molar refractivity (Wildman–Crippen MR) is 62.8 cm³/mol. The molecule has 0 amide bonds. The Morgan fingerprint density at radius 3 is 3.00 bits per heavy atom. The van der Waals surface area contributed by atoms with Crippen LogP contribution in [0.2, 0.25) is 0 Å². The fourth-order valence-corrected chi connectivity index (χ4v) is 3.40. The lowest BCUT2D eigenvalue weighted by Crippen LogP contribution is -2.18. The van der Waals surface area contributed by atoms with E-state index >= 15 is 0 Å². The minimum atomic E-state index is 0.465. The predicted octanol–water partition coefficient (Wildman–Crippen LogP) is 2.97. The summed E-state index contributed by atoms with van der Waals surface area (Å²) in [6, 6.07) is 0. The summed E-state index contributed by atoms with van der Waals surface area (Å²) in [7, 11) is 1.94. The average Bonchev–Trinajstić information content (AvgIpc) is 2.63. The van der Waals surface area contributed by atoms with Crippen molar-refractivity contribution in [3.05, 3.63) is 11.1 Å². The Balaban J connectivity index is 2.07. The van der Waals surface area contributed by atoms with Gasteiger partial charge in [-0.15, -0.1) is 5.92 Å². The van der Waals surface area contributed by atoms with Crippen LogP contribution in [0.5, 0.6) is 0 Å². The van der Waals surface area contributed by atoms with Crippen molar-refractivity contribution < 1.29 is 0 Å². The minimum Gasteiger partial charge on any atom is -0.291 e. The van der Waals surface area contributed by atoms with Crippen LogP contribution in [-0.4, -0.2) is 12.8 Å². The highest BCUT2D eigenvalue weighted by molar-refractivity contribution is 6.07. The third-order valence-electron chi connectivity index (χ3n) is 4.04. The highest BCUT2D eigenvalue weighted by Gasteiger charge is 2.39. The van der Waals surface area contributed by atoms with E-state index in [0.717, 1.165) is 12.3 Å². The van der Waals surface area contributed by atoms with E-state index in [1.54, 1.807) is 11.1 Å². The Bertz CT molecular complexity index is 403. The third-order valence-corrected chi connectivity index (χ3v) is 4.04. The van der Waals surface area contributed by atoms with Crippen molar-refractivity contribution in [2.24, 2.45) is 16.8 Å². The zero-order chi connectivity index (χ0) is 10.3. The van der Waals surface area contributed by atoms with Gasteiger partial charge in [0.15, 0.2) is 0 Å². The Labute approximate surface area is 91.7 Å². The first-order valence-electron chi connectivity index (χ1n) is 6.09. The molecule has 0 N–H and O–H groups in total. The summed E-state index contributed by atoms with van der Waals surface area (Å²) < 4.78 is 0. The van der Waals surface area contributed by atoms with Gasteiger partial charge in [0, 0.05) is 19.4 Å². The highest BCUT2D eigenvalue weighted by atomic mass is 14.7. The van der Waals surface area contributed by atoms with E-state index in [2.05, 4.69) is 16.8 Å². The van der Waals surface area contributed by atoms with Gasteiger partial charge in [-0.3, -0.25) is 4.99 Å². The molecule has 15 heavy (non-hydrogen) atoms. The Morgan fingerprint density at radius 2 is 2.13 bits per heavy atom. The summed E-state index contributed by atoms with van der Waals surface area (Å²) in [5.74, 6) is 7.89. The number of aliphatic imine (C=N–C) groups is 1. The molecule has 0 aromatic heterocycles. The molecule has 3 rings (SSSR count). The molecule has 1 nitrogen and oxygen atoms in total. The Morgan fingerprint density at radius 1 is 1.27 bits per heavy atom. The van der Waals surface area contributed by atoms with Crippen LogP contribution in [0.1, 0.15) is 38.5 Å². The molecule has 0 bridgehead atoms. The molecule has 0 aromatic rings. The molecule has 0 spiro atoms. The number of hydrogen-bond donors (Lipinski definition) is 0. The summed E-state index contributed by atoms with van der Waals surface area (Å²) in [6.07, 6.45) is 7.68. The van der Waals surface area contributed by atoms with Crippen LogP contribution >= 0.6 is 0 Å². The molecule has 0 fully saturated rings. The normalized spacial score (nSPS) is 35.9. The number of fused-ring (bicyclic) bond motifs is 2. The summed E-state index contributed by atoms with van der Waals surface area (Å²) in [5.41, 5.74) is 4.65. The van der Waals surface area contributed by atoms with Crippen LogP contribution in [0.15, 0.2) is 16.1 Å². The largest absolute Gasteiger partial charge is 0.291 e. The number of allylic oxidation sites excluding steroid dienone is 2. The van der Waals surface area contributed by atoms with Crippen LogP contribution in [0.4, 0.5) is 0 Å². The van der Waals surface area contributed by atoms with E-state index in [0.29, 0.717) is 5.92 Å². The maximum atomic E-state index is 4.51. The monoisotopic (exact) mass is 199 g/mol. The van der Waals surface area contributed by atoms with Gasteiger partial charge in [0.25, 0.3) is 0 Å². The van der Waals surface area contributed by atoms with Crippen molar-refractivity contribution in [2.45, 2.75) is 38.5 Å². The quantitative estimate of drug-likeness (QED) is 0.532. The molecule has 0 radical (unpaired) electrons. The molecule has 0 aliphatic heterocycles. The molecule has 2 atom stereocenters. The van der Waals surface area contributed by atoms with Gasteiger partial charge in [0.1, 0.15) is 0 Å². The topological polar surface area (TPSA) is 12.4 Å². The Hall–Kier alpha value is -1.03. The smallest absolute Gasteiger partial charge is 0.0688 e. The number of hydrogen-bond acceptors (Lipinski definition) is 1. The van der Waals surface area contributed by atoms with Gasteiger partial charge in [0.2, 0.25) is 0 Å². The van der Waals surface area contributed by atoms with E-state index in [1.807, 2.05) is 7.05 Å². The first-order chi connectivity index (χ1) is 7.42. The molecule has 3 aliphatic rings. The molecule has 3 aliphatic carbocycles. The van der Waals surface area contributed by atoms with E-state index in [-0.39, 0.29) is 0 Å². The van der Waals surface area contributed by atoms with Gasteiger partial charge in [-0.05, 0) is 37.7 Å². The summed E-state index contributed by atoms with van der Waals surface area (Å²) in [4.78, 5) is 4.51. The lowest BCUT2D eigenvalue weighted by Gasteiger charge is -2.21. The molecule has 0 heterocycles. The first kappa shape index (κ1) is 9.21. The van der Waals surface area contributed by atoms with Crippen LogP contribution in [0.3, 0.4) is 0 Å². The molecule has 1 unspecified atom stereocenters. The van der Waals surface area contributed by atoms with Crippen LogP contribution in [0, 0.1) is 23.7 Å². The second-order valence-corrected chi connectivity index (χ2v) is 4.76. The molecule has 0 saturated carbocycles. The highest BCUT2D eigenvalue weighted by Crippen LogP contribution is 2.45. The molecule has 1 heteroatoms. The fourth-order valence-electron chi connectivity index (χ4n) is 3.40. The van der Waals surface area contributed by atoms with Crippen molar-refractivity contribution in [2.75, 3.05) is 7.05 Å². The first-order valence-corrected chi connectivity index (χ1v) is 6.09. The van der Waals surface area contributed by atoms with Crippen molar-refractivity contribution in [1.82, 2.24) is 0 Å². The Kier molecular flexibility index (Phi) is 2.16. The van der Waals surface area contributed by atoms with Crippen molar-refractivity contribution in [3.8, 4) is 11.8 Å². The maximum absolute atomic E-state index is 4.51. The number of nitrogens with zero attached hydrogens (tertiary/aromatic N) is 1. The van der Waals surface area contributed by atoms with Crippen LogP contribution in [0.25, 0.3) is 0 Å². The van der Waals surface area contributed by atoms with Gasteiger partial charge >= 0.3 is 0 Å². The van der Waals surface area contributed by atoms with Gasteiger partial charge in [-0.25, -0.2) is 0 Å². The summed E-state index contributed by atoms with van der Waals surface area (Å²) in [5, 5.41) is 0. The van der Waals surface area contributed by atoms with Gasteiger partial charge in [0.05, 0.1) is 11.6 Å². The van der Waals surface area contributed by atoms with Crippen molar-refractivity contribution in [1.29, 1.82) is 0 Å². The van der Waals surface area contributed by atoms with E-state index in [1.165, 1.54) is 37.8 Å². The summed E-state index contributed by atoms with van der Waals surface area (Å²) >= 11 is 0. The van der Waals surface area contributed by atoms with E-state index in [9.17, 15) is 0 Å². The lowest BCUT2D eigenvalue weighted by atomic mass is 9.82. The second kappa shape index (κ2) is 3.52. The molecular formula is C14H17N. The molecular weight excluding hydrogens is 182 g/mol. The fraction of sp³-hybridized carbons (Fsp3) is 0.643. The number of rotatable bonds is 0. The maximum Gasteiger partial charge on any atom is 0.0688 e. The minimum absolute atomic E-state index is 0.465. The van der Waals surface area contributed by atoms with Crippen molar-refractivity contribution >= 4 is 5.71 Å². The van der Waals surface area contributed by atoms with Crippen LogP contribution in [-0.2, 0) is 0 Å².